The number of aliphatic imine (C=N–C) groups is 1. The first-order valence-electron chi connectivity index (χ1n) is 13.7. The number of nitrogens with one attached hydrogen (secondary N) is 3. The standard InChI is InChI=1S/C24H39ClN10O4S/c1-3-35(4-2)40(38,39)29-13-15-5-7-16(8-6-15)22(37)34-11-9-24(10-12-34)14-28-23(33-24)32-21(36)17-19(26)31-20(27)18(25)30-17/h15-16,29H,3-14H2,1-2H3,(H4,26,27,31)(H2,28,32,33,36)/t15-,16+. The van der Waals surface area contributed by atoms with E-state index in [1.165, 1.54) is 4.31 Å². The first-order chi connectivity index (χ1) is 19.0. The number of rotatable bonds is 8. The zero-order valence-electron chi connectivity index (χ0n) is 22.9. The Bertz CT molecular complexity index is 1240. The van der Waals surface area contributed by atoms with Gasteiger partial charge in [-0.25, -0.2) is 14.7 Å². The van der Waals surface area contributed by atoms with Gasteiger partial charge in [0.15, 0.2) is 28.4 Å². The summed E-state index contributed by atoms with van der Waals surface area (Å²) in [5.41, 5.74) is 10.8. The molecule has 1 saturated carbocycles. The molecule has 3 fully saturated rings. The lowest BCUT2D eigenvalue weighted by Gasteiger charge is -2.40. The van der Waals surface area contributed by atoms with Crippen molar-refractivity contribution in [3.8, 4) is 0 Å². The van der Waals surface area contributed by atoms with Crippen molar-refractivity contribution in [2.24, 2.45) is 16.8 Å². The Labute approximate surface area is 239 Å². The monoisotopic (exact) mass is 598 g/mol. The fourth-order valence-corrected chi connectivity index (χ4v) is 7.06. The van der Waals surface area contributed by atoms with E-state index in [1.807, 2.05) is 18.7 Å². The number of amides is 2. The average molecular weight is 599 g/mol. The van der Waals surface area contributed by atoms with Crippen LogP contribution in [0.3, 0.4) is 0 Å². The Balaban J connectivity index is 1.24. The van der Waals surface area contributed by atoms with E-state index < -0.39 is 16.1 Å². The molecule has 3 aliphatic rings. The molecule has 222 valence electrons. The van der Waals surface area contributed by atoms with Crippen molar-refractivity contribution in [3.63, 3.8) is 0 Å². The number of halogens is 1. The highest BCUT2D eigenvalue weighted by Crippen LogP contribution is 2.32. The molecule has 14 nitrogen and oxygen atoms in total. The minimum absolute atomic E-state index is 0.0348. The van der Waals surface area contributed by atoms with Gasteiger partial charge in [-0.15, -0.1) is 0 Å². The second-order valence-corrected chi connectivity index (χ2v) is 12.8. The van der Waals surface area contributed by atoms with Crippen molar-refractivity contribution in [3.05, 3.63) is 10.8 Å². The Morgan fingerprint density at radius 3 is 2.40 bits per heavy atom. The second-order valence-electron chi connectivity index (χ2n) is 10.6. The summed E-state index contributed by atoms with van der Waals surface area (Å²) in [6, 6.07) is 0. The van der Waals surface area contributed by atoms with Crippen LogP contribution in [0.4, 0.5) is 11.6 Å². The van der Waals surface area contributed by atoms with Gasteiger partial charge < -0.3 is 27.0 Å². The van der Waals surface area contributed by atoms with Crippen LogP contribution in [0.25, 0.3) is 0 Å². The molecule has 2 saturated heterocycles. The van der Waals surface area contributed by atoms with Crippen molar-refractivity contribution >= 4 is 51.2 Å². The van der Waals surface area contributed by atoms with Gasteiger partial charge in [-0.05, 0) is 44.4 Å². The number of piperidine rings is 1. The third-order valence-electron chi connectivity index (χ3n) is 8.13. The molecule has 0 atom stereocenters. The molecule has 1 spiro atoms. The predicted octanol–water partition coefficient (Wildman–Crippen LogP) is 0.327. The number of anilines is 2. The third-order valence-corrected chi connectivity index (χ3v) is 10.1. The van der Waals surface area contributed by atoms with Gasteiger partial charge in [0.2, 0.25) is 5.91 Å². The van der Waals surface area contributed by atoms with Crippen molar-refractivity contribution in [1.82, 2.24) is 34.5 Å². The predicted molar refractivity (Wildman–Crippen MR) is 153 cm³/mol. The lowest BCUT2D eigenvalue weighted by Crippen LogP contribution is -2.54. The molecule has 2 amide bonds. The number of nitrogens with two attached hydrogens (primary N) is 2. The molecular formula is C24H39ClN10O4S. The molecule has 3 heterocycles. The van der Waals surface area contributed by atoms with E-state index in [0.717, 1.165) is 25.7 Å². The molecule has 1 aromatic rings. The van der Waals surface area contributed by atoms with Crippen LogP contribution < -0.4 is 26.8 Å². The Kier molecular flexibility index (Phi) is 9.37. The van der Waals surface area contributed by atoms with Gasteiger partial charge in [0.05, 0.1) is 5.54 Å². The fourth-order valence-electron chi connectivity index (χ4n) is 5.62. The molecule has 16 heteroatoms. The lowest BCUT2D eigenvalue weighted by atomic mass is 9.80. The van der Waals surface area contributed by atoms with Crippen LogP contribution in [0.15, 0.2) is 4.99 Å². The largest absolute Gasteiger partial charge is 0.382 e. The van der Waals surface area contributed by atoms with Crippen LogP contribution in [0, 0.1) is 11.8 Å². The van der Waals surface area contributed by atoms with Crippen molar-refractivity contribution < 1.29 is 18.0 Å². The number of carbonyl (C=O) groups is 2. The molecule has 0 bridgehead atoms. The summed E-state index contributed by atoms with van der Waals surface area (Å²) in [4.78, 5) is 39.6. The SMILES string of the molecule is CCN(CC)S(=O)(=O)NC[C@H]1CC[C@@H](C(=O)N2CCC3(CC2)CN/C(=N\C(=O)c2nc(Cl)c(N)nc2N)N3)CC1. The molecule has 2 aliphatic heterocycles. The van der Waals surface area contributed by atoms with Crippen LogP contribution in [0.1, 0.15) is 62.9 Å². The number of nitrogen functional groups attached to an aromatic ring is 2. The second kappa shape index (κ2) is 12.4. The van der Waals surface area contributed by atoms with Crippen molar-refractivity contribution in [2.75, 3.05) is 50.7 Å². The van der Waals surface area contributed by atoms with Crippen molar-refractivity contribution in [2.45, 2.75) is 57.9 Å². The van der Waals surface area contributed by atoms with Crippen LogP contribution in [-0.4, -0.2) is 90.2 Å². The van der Waals surface area contributed by atoms with Crippen LogP contribution in [0.5, 0.6) is 0 Å². The fraction of sp³-hybridized carbons (Fsp3) is 0.708. The van der Waals surface area contributed by atoms with Crippen LogP contribution >= 0.6 is 11.6 Å². The van der Waals surface area contributed by atoms with Gasteiger partial charge in [0.1, 0.15) is 0 Å². The van der Waals surface area contributed by atoms with Gasteiger partial charge in [0, 0.05) is 45.2 Å². The lowest BCUT2D eigenvalue weighted by molar-refractivity contribution is -0.138. The Morgan fingerprint density at radius 1 is 1.12 bits per heavy atom. The van der Waals surface area contributed by atoms with Gasteiger partial charge in [-0.1, -0.05) is 25.4 Å². The topological polar surface area (TPSA) is 201 Å². The first kappa shape index (κ1) is 30.2. The van der Waals surface area contributed by atoms with Gasteiger partial charge in [-0.3, -0.25) is 9.59 Å². The molecule has 7 N–H and O–H groups in total. The minimum atomic E-state index is -3.46. The maximum atomic E-state index is 13.3. The molecule has 0 radical (unpaired) electrons. The number of guanidine groups is 1. The maximum Gasteiger partial charge on any atom is 0.302 e. The Hall–Kier alpha value is -2.75. The molecule has 4 rings (SSSR count). The van der Waals surface area contributed by atoms with Gasteiger partial charge in [0.25, 0.3) is 10.2 Å². The van der Waals surface area contributed by atoms with E-state index in [0.29, 0.717) is 58.1 Å². The molecule has 0 aromatic carbocycles. The van der Waals surface area contributed by atoms with Gasteiger partial charge >= 0.3 is 5.91 Å². The highest BCUT2D eigenvalue weighted by Gasteiger charge is 2.42. The molecular weight excluding hydrogens is 560 g/mol. The van der Waals surface area contributed by atoms with E-state index >= 15 is 0 Å². The summed E-state index contributed by atoms with van der Waals surface area (Å²) >= 11 is 5.87. The molecule has 1 aromatic heterocycles. The van der Waals surface area contributed by atoms with E-state index in [2.05, 4.69) is 30.3 Å². The highest BCUT2D eigenvalue weighted by atomic mass is 35.5. The zero-order chi connectivity index (χ0) is 29.1. The van der Waals surface area contributed by atoms with E-state index in [4.69, 9.17) is 23.1 Å². The summed E-state index contributed by atoms with van der Waals surface area (Å²) < 4.78 is 28.9. The summed E-state index contributed by atoms with van der Waals surface area (Å²) in [6.07, 6.45) is 4.58. The molecule has 40 heavy (non-hydrogen) atoms. The smallest absolute Gasteiger partial charge is 0.302 e. The number of hydrogen-bond acceptors (Lipinski definition) is 8. The Morgan fingerprint density at radius 2 is 1.77 bits per heavy atom. The third kappa shape index (κ3) is 6.75. The highest BCUT2D eigenvalue weighted by molar-refractivity contribution is 7.87. The van der Waals surface area contributed by atoms with Crippen LogP contribution in [0.2, 0.25) is 5.15 Å². The quantitative estimate of drug-likeness (QED) is 0.277. The van der Waals surface area contributed by atoms with Crippen molar-refractivity contribution in [1.29, 1.82) is 0 Å². The zero-order valence-corrected chi connectivity index (χ0v) is 24.5. The van der Waals surface area contributed by atoms with Crippen LogP contribution in [-0.2, 0) is 15.0 Å². The van der Waals surface area contributed by atoms with E-state index in [-0.39, 0.29) is 45.8 Å². The summed E-state index contributed by atoms with van der Waals surface area (Å²) in [5, 5.41) is 6.32. The number of hydrogen-bond donors (Lipinski definition) is 5. The summed E-state index contributed by atoms with van der Waals surface area (Å²) in [5.74, 6) is -0.220. The molecule has 1 aliphatic carbocycles. The summed E-state index contributed by atoms with van der Waals surface area (Å²) in [7, 11) is -3.46. The molecule has 0 unspecified atom stereocenters. The average Bonchev–Trinajstić information content (AvgIpc) is 3.31. The first-order valence-corrected chi connectivity index (χ1v) is 15.6. The van der Waals surface area contributed by atoms with Gasteiger partial charge in [-0.2, -0.15) is 17.7 Å². The number of likely N-dealkylation sites (tertiary alicyclic amines) is 1. The number of aromatic nitrogens is 2. The maximum absolute atomic E-state index is 13.3. The van der Waals surface area contributed by atoms with E-state index in [1.54, 1.807) is 0 Å². The normalized spacial score (nSPS) is 23.8. The van der Waals surface area contributed by atoms with E-state index in [9.17, 15) is 18.0 Å². The number of nitrogens with zero attached hydrogens (tertiary/aromatic N) is 5. The minimum Gasteiger partial charge on any atom is -0.382 e. The number of carbonyl (C=O) groups excluding carboxylic acids is 2. The summed E-state index contributed by atoms with van der Waals surface area (Å²) in [6.45, 7) is 6.69.